The van der Waals surface area contributed by atoms with Crippen molar-refractivity contribution in [2.75, 3.05) is 23.4 Å². The van der Waals surface area contributed by atoms with Crippen molar-refractivity contribution >= 4 is 52.4 Å². The number of nitrogens with one attached hydrogen (secondary N) is 1. The number of nitrogens with zero attached hydrogens (tertiary/aromatic N) is 1. The largest absolute Gasteiger partial charge is 0.491 e. The first kappa shape index (κ1) is 22.9. The summed E-state index contributed by atoms with van der Waals surface area (Å²) in [6.07, 6.45) is 0.0691. The Labute approximate surface area is 190 Å². The van der Waals surface area contributed by atoms with E-state index >= 15 is 0 Å². The van der Waals surface area contributed by atoms with Gasteiger partial charge in [-0.1, -0.05) is 23.2 Å². The van der Waals surface area contributed by atoms with Crippen molar-refractivity contribution < 1.29 is 23.9 Å². The third kappa shape index (κ3) is 6.12. The maximum absolute atomic E-state index is 12.4. The Kier molecular flexibility index (Phi) is 7.41. The number of anilines is 2. The monoisotopic (exact) mass is 464 g/mol. The minimum Gasteiger partial charge on any atom is -0.491 e. The van der Waals surface area contributed by atoms with Gasteiger partial charge >= 0.3 is 5.97 Å². The van der Waals surface area contributed by atoms with E-state index in [-0.39, 0.29) is 30.0 Å². The Balaban J connectivity index is 1.52. The zero-order valence-corrected chi connectivity index (χ0v) is 18.6. The lowest BCUT2D eigenvalue weighted by Gasteiger charge is -2.17. The second kappa shape index (κ2) is 10.0. The number of carbonyl (C=O) groups is 3. The fourth-order valence-electron chi connectivity index (χ4n) is 3.12. The Morgan fingerprint density at radius 3 is 2.52 bits per heavy atom. The van der Waals surface area contributed by atoms with Crippen LogP contribution in [0.15, 0.2) is 42.5 Å². The van der Waals surface area contributed by atoms with E-state index in [9.17, 15) is 14.4 Å². The molecule has 3 rings (SSSR count). The zero-order valence-electron chi connectivity index (χ0n) is 17.1. The van der Waals surface area contributed by atoms with Crippen molar-refractivity contribution in [1.29, 1.82) is 0 Å². The second-order valence-corrected chi connectivity index (χ2v) is 8.19. The molecule has 7 nitrogen and oxygen atoms in total. The first-order chi connectivity index (χ1) is 14.7. The highest BCUT2D eigenvalue weighted by atomic mass is 35.5. The van der Waals surface area contributed by atoms with Gasteiger partial charge in [-0.3, -0.25) is 14.4 Å². The molecule has 0 saturated carbocycles. The normalized spacial score (nSPS) is 15.8. The predicted octanol–water partition coefficient (Wildman–Crippen LogP) is 4.32. The molecular weight excluding hydrogens is 443 g/mol. The number of rotatable bonds is 7. The van der Waals surface area contributed by atoms with Crippen LogP contribution >= 0.6 is 23.2 Å². The van der Waals surface area contributed by atoms with Crippen LogP contribution in [-0.4, -0.2) is 37.0 Å². The molecule has 0 aromatic heterocycles. The number of benzene rings is 2. The van der Waals surface area contributed by atoms with Crippen LogP contribution in [-0.2, 0) is 19.1 Å². The van der Waals surface area contributed by atoms with Crippen LogP contribution in [0.25, 0.3) is 0 Å². The molecule has 2 amide bonds. The lowest BCUT2D eigenvalue weighted by Crippen LogP contribution is -2.28. The topological polar surface area (TPSA) is 84.9 Å². The SMILES string of the molecule is CC(C)Oc1ccc(N2C[C@H](C(=O)OCC(=O)Nc3ccc(Cl)cc3Cl)CC2=O)cc1. The van der Waals surface area contributed by atoms with E-state index in [1.54, 1.807) is 36.4 Å². The molecular formula is C22H22Cl2N2O5. The molecule has 0 spiro atoms. The molecule has 1 heterocycles. The van der Waals surface area contributed by atoms with Crippen molar-refractivity contribution in [3.05, 3.63) is 52.5 Å². The van der Waals surface area contributed by atoms with Crippen molar-refractivity contribution in [3.8, 4) is 5.75 Å². The molecule has 2 aromatic carbocycles. The van der Waals surface area contributed by atoms with Gasteiger partial charge in [-0.05, 0) is 56.3 Å². The minimum atomic E-state index is -0.647. The first-order valence-electron chi connectivity index (χ1n) is 9.71. The fraction of sp³-hybridized carbons (Fsp3) is 0.318. The van der Waals surface area contributed by atoms with E-state index in [4.69, 9.17) is 32.7 Å². The Hall–Kier alpha value is -2.77. The summed E-state index contributed by atoms with van der Waals surface area (Å²) in [7, 11) is 0. The smallest absolute Gasteiger partial charge is 0.311 e. The summed E-state index contributed by atoms with van der Waals surface area (Å²) in [5, 5.41) is 3.26. The molecule has 0 radical (unpaired) electrons. The van der Waals surface area contributed by atoms with Gasteiger partial charge in [-0.25, -0.2) is 0 Å². The third-order valence-corrected chi connectivity index (χ3v) is 5.08. The Bertz CT molecular complexity index is 978. The van der Waals surface area contributed by atoms with E-state index in [1.165, 1.54) is 11.0 Å². The zero-order chi connectivity index (χ0) is 22.5. The van der Waals surface area contributed by atoms with Gasteiger partial charge in [-0.15, -0.1) is 0 Å². The van der Waals surface area contributed by atoms with Crippen LogP contribution in [0, 0.1) is 5.92 Å². The van der Waals surface area contributed by atoms with Gasteiger partial charge in [0.2, 0.25) is 5.91 Å². The average molecular weight is 465 g/mol. The number of hydrogen-bond donors (Lipinski definition) is 1. The van der Waals surface area contributed by atoms with E-state index < -0.39 is 24.4 Å². The second-order valence-electron chi connectivity index (χ2n) is 7.35. The lowest BCUT2D eigenvalue weighted by molar-refractivity contribution is -0.151. The van der Waals surface area contributed by atoms with Crippen LogP contribution in [0.3, 0.4) is 0 Å². The summed E-state index contributed by atoms with van der Waals surface area (Å²) in [6.45, 7) is 3.56. The third-order valence-electron chi connectivity index (χ3n) is 4.53. The highest BCUT2D eigenvalue weighted by molar-refractivity contribution is 6.36. The van der Waals surface area contributed by atoms with Gasteiger partial charge in [-0.2, -0.15) is 0 Å². The molecule has 0 unspecified atom stereocenters. The molecule has 31 heavy (non-hydrogen) atoms. The first-order valence-corrected chi connectivity index (χ1v) is 10.5. The van der Waals surface area contributed by atoms with Gasteiger partial charge in [0.05, 0.1) is 22.7 Å². The molecule has 1 saturated heterocycles. The summed E-state index contributed by atoms with van der Waals surface area (Å²) in [4.78, 5) is 38.3. The van der Waals surface area contributed by atoms with E-state index in [0.717, 1.165) is 0 Å². The number of carbonyl (C=O) groups excluding carboxylic acids is 3. The van der Waals surface area contributed by atoms with Gasteiger partial charge in [0.1, 0.15) is 5.75 Å². The van der Waals surface area contributed by atoms with Crippen molar-refractivity contribution in [2.45, 2.75) is 26.4 Å². The number of ether oxygens (including phenoxy) is 2. The Morgan fingerprint density at radius 2 is 1.87 bits per heavy atom. The summed E-state index contributed by atoms with van der Waals surface area (Å²) in [6, 6.07) is 11.7. The number of amides is 2. The highest BCUT2D eigenvalue weighted by Crippen LogP contribution is 2.28. The van der Waals surface area contributed by atoms with Gasteiger partial charge in [0, 0.05) is 23.7 Å². The number of halogens is 2. The van der Waals surface area contributed by atoms with Crippen LogP contribution in [0.1, 0.15) is 20.3 Å². The molecule has 164 valence electrons. The van der Waals surface area contributed by atoms with Gasteiger partial charge in [0.15, 0.2) is 6.61 Å². The van der Waals surface area contributed by atoms with Crippen LogP contribution in [0.2, 0.25) is 10.0 Å². The molecule has 1 fully saturated rings. The quantitative estimate of drug-likeness (QED) is 0.616. The van der Waals surface area contributed by atoms with Gasteiger partial charge in [0.25, 0.3) is 5.91 Å². The maximum Gasteiger partial charge on any atom is 0.311 e. The summed E-state index contributed by atoms with van der Waals surface area (Å²) in [5.41, 5.74) is 1.03. The molecule has 9 heteroatoms. The highest BCUT2D eigenvalue weighted by Gasteiger charge is 2.36. The number of esters is 1. The predicted molar refractivity (Wildman–Crippen MR) is 119 cm³/mol. The Morgan fingerprint density at radius 1 is 1.16 bits per heavy atom. The molecule has 1 atom stereocenters. The average Bonchev–Trinajstić information content (AvgIpc) is 3.10. The van der Waals surface area contributed by atoms with E-state index in [2.05, 4.69) is 5.32 Å². The van der Waals surface area contributed by atoms with Gasteiger partial charge < -0.3 is 19.7 Å². The summed E-state index contributed by atoms with van der Waals surface area (Å²) < 4.78 is 10.7. The molecule has 2 aromatic rings. The molecule has 1 aliphatic heterocycles. The van der Waals surface area contributed by atoms with Crippen molar-refractivity contribution in [2.24, 2.45) is 5.92 Å². The molecule has 0 aliphatic carbocycles. The molecule has 0 bridgehead atoms. The fourth-order valence-corrected chi connectivity index (χ4v) is 3.58. The molecule has 1 N–H and O–H groups in total. The van der Waals surface area contributed by atoms with E-state index in [0.29, 0.717) is 22.1 Å². The van der Waals surface area contributed by atoms with E-state index in [1.807, 2.05) is 13.8 Å². The maximum atomic E-state index is 12.4. The van der Waals surface area contributed by atoms with Crippen LogP contribution < -0.4 is 15.0 Å². The summed E-state index contributed by atoms with van der Waals surface area (Å²) >= 11 is 11.8. The number of hydrogen-bond acceptors (Lipinski definition) is 5. The standard InChI is InChI=1S/C22H22Cl2N2O5/c1-13(2)31-17-6-4-16(5-7-17)26-11-14(9-21(26)28)22(29)30-12-20(27)25-19-8-3-15(23)10-18(19)24/h3-8,10,13-14H,9,11-12H2,1-2H3,(H,25,27)/t14-/m1/s1. The summed E-state index contributed by atoms with van der Waals surface area (Å²) in [5.74, 6) is -1.27. The minimum absolute atomic E-state index is 0.0215. The lowest BCUT2D eigenvalue weighted by atomic mass is 10.1. The van der Waals surface area contributed by atoms with Crippen LogP contribution in [0.5, 0.6) is 5.75 Å². The molecule has 1 aliphatic rings. The van der Waals surface area contributed by atoms with Crippen LogP contribution in [0.4, 0.5) is 11.4 Å². The van der Waals surface area contributed by atoms with Crippen molar-refractivity contribution in [3.63, 3.8) is 0 Å². The van der Waals surface area contributed by atoms with Crippen molar-refractivity contribution in [1.82, 2.24) is 0 Å².